The molecule has 0 aliphatic heterocycles. The van der Waals surface area contributed by atoms with E-state index < -0.39 is 5.97 Å². The Kier molecular flexibility index (Phi) is 2.67. The number of carboxylic acid groups (broad SMARTS) is 1. The lowest BCUT2D eigenvalue weighted by Crippen LogP contribution is -1.99. The molecule has 3 rings (SSSR count). The molecular formula is C13H10BrN3O2. The quantitative estimate of drug-likeness (QED) is 0.762. The summed E-state index contributed by atoms with van der Waals surface area (Å²) >= 11 is 3.47. The largest absolute Gasteiger partial charge is 0.476 e. The normalized spacial score (nSPS) is 11.1. The van der Waals surface area contributed by atoms with Gasteiger partial charge in [0.15, 0.2) is 5.69 Å². The third kappa shape index (κ3) is 1.84. The van der Waals surface area contributed by atoms with Crippen LogP contribution in [-0.4, -0.2) is 25.8 Å². The molecule has 3 aromatic rings. The van der Waals surface area contributed by atoms with Crippen molar-refractivity contribution in [1.82, 2.24) is 14.8 Å². The first-order chi connectivity index (χ1) is 9.08. The molecule has 19 heavy (non-hydrogen) atoms. The van der Waals surface area contributed by atoms with E-state index in [1.807, 2.05) is 24.4 Å². The monoisotopic (exact) mass is 319 g/mol. The molecule has 0 bridgehead atoms. The van der Waals surface area contributed by atoms with Gasteiger partial charge in [-0.2, -0.15) is 5.10 Å². The van der Waals surface area contributed by atoms with Crippen LogP contribution >= 0.6 is 15.9 Å². The van der Waals surface area contributed by atoms with Crippen molar-refractivity contribution in [1.29, 1.82) is 0 Å². The minimum Gasteiger partial charge on any atom is -0.476 e. The van der Waals surface area contributed by atoms with E-state index in [0.717, 1.165) is 26.6 Å². The van der Waals surface area contributed by atoms with Crippen LogP contribution in [0.3, 0.4) is 0 Å². The van der Waals surface area contributed by atoms with Gasteiger partial charge in [-0.05, 0) is 22.0 Å². The van der Waals surface area contributed by atoms with Crippen LogP contribution in [0.2, 0.25) is 0 Å². The van der Waals surface area contributed by atoms with E-state index >= 15 is 0 Å². The summed E-state index contributed by atoms with van der Waals surface area (Å²) in [7, 11) is 1.73. The van der Waals surface area contributed by atoms with Crippen LogP contribution < -0.4 is 0 Å². The van der Waals surface area contributed by atoms with Gasteiger partial charge in [-0.3, -0.25) is 4.68 Å². The second-order valence-corrected chi connectivity index (χ2v) is 5.06. The van der Waals surface area contributed by atoms with E-state index in [0.29, 0.717) is 0 Å². The second kappa shape index (κ2) is 4.24. The summed E-state index contributed by atoms with van der Waals surface area (Å²) in [5.74, 6) is -1.03. The maximum atomic E-state index is 11.0. The van der Waals surface area contributed by atoms with E-state index in [-0.39, 0.29) is 5.69 Å². The summed E-state index contributed by atoms with van der Waals surface area (Å²) in [5.41, 5.74) is 2.68. The lowest BCUT2D eigenvalue weighted by Gasteiger charge is -2.03. The molecule has 0 atom stereocenters. The van der Waals surface area contributed by atoms with Crippen molar-refractivity contribution in [3.8, 4) is 11.3 Å². The van der Waals surface area contributed by atoms with Gasteiger partial charge in [0.05, 0.1) is 11.2 Å². The number of carbonyl (C=O) groups is 1. The lowest BCUT2D eigenvalue weighted by atomic mass is 10.1. The molecule has 0 saturated heterocycles. The van der Waals surface area contributed by atoms with Crippen LogP contribution in [0.1, 0.15) is 10.5 Å². The zero-order valence-electron chi connectivity index (χ0n) is 10.0. The molecule has 0 spiro atoms. The standard InChI is InChI=1S/C13H10BrN3O2/c1-17-11(5-10(16-17)13(18)19)8-4-2-3-7-9(14)6-15-12(7)8/h2-6,15H,1H3,(H,18,19). The highest BCUT2D eigenvalue weighted by Gasteiger charge is 2.15. The number of para-hydroxylation sites is 1. The summed E-state index contributed by atoms with van der Waals surface area (Å²) in [4.78, 5) is 14.2. The van der Waals surface area contributed by atoms with Gasteiger partial charge in [-0.15, -0.1) is 0 Å². The number of hydrogen-bond donors (Lipinski definition) is 2. The van der Waals surface area contributed by atoms with Crippen molar-refractivity contribution >= 4 is 32.8 Å². The summed E-state index contributed by atoms with van der Waals surface area (Å²) in [6.07, 6.45) is 1.86. The number of H-pyrrole nitrogens is 1. The lowest BCUT2D eigenvalue weighted by molar-refractivity contribution is 0.0689. The van der Waals surface area contributed by atoms with Crippen LogP contribution in [0.15, 0.2) is 34.9 Å². The first-order valence-corrected chi connectivity index (χ1v) is 6.40. The zero-order chi connectivity index (χ0) is 13.6. The Balaban J connectivity index is 2.27. The number of aromatic carboxylic acids is 1. The number of nitrogens with zero attached hydrogens (tertiary/aromatic N) is 2. The zero-order valence-corrected chi connectivity index (χ0v) is 11.6. The van der Waals surface area contributed by atoms with Gasteiger partial charge < -0.3 is 10.1 Å². The van der Waals surface area contributed by atoms with Crippen LogP contribution in [-0.2, 0) is 7.05 Å². The first-order valence-electron chi connectivity index (χ1n) is 5.61. The van der Waals surface area contributed by atoms with Gasteiger partial charge in [0.25, 0.3) is 0 Å². The Morgan fingerprint density at radius 2 is 2.26 bits per heavy atom. The molecule has 0 aliphatic rings. The molecule has 2 N–H and O–H groups in total. The number of halogens is 1. The van der Waals surface area contributed by atoms with Crippen LogP contribution in [0.4, 0.5) is 0 Å². The van der Waals surface area contributed by atoms with Gasteiger partial charge in [-0.25, -0.2) is 4.79 Å². The number of aromatic amines is 1. The maximum Gasteiger partial charge on any atom is 0.356 e. The molecule has 0 aliphatic carbocycles. The van der Waals surface area contributed by atoms with Crippen LogP contribution in [0.5, 0.6) is 0 Å². The molecule has 0 saturated carbocycles. The summed E-state index contributed by atoms with van der Waals surface area (Å²) < 4.78 is 2.55. The van der Waals surface area contributed by atoms with Crippen LogP contribution in [0, 0.1) is 0 Å². The van der Waals surface area contributed by atoms with Crippen molar-refractivity contribution < 1.29 is 9.90 Å². The summed E-state index contributed by atoms with van der Waals surface area (Å²) in [5, 5.41) is 14.0. The van der Waals surface area contributed by atoms with Crippen molar-refractivity contribution in [2.45, 2.75) is 0 Å². The predicted octanol–water partition coefficient (Wildman–Crippen LogP) is 3.03. The third-order valence-electron chi connectivity index (χ3n) is 3.04. The summed E-state index contributed by atoms with van der Waals surface area (Å²) in [6.45, 7) is 0. The van der Waals surface area contributed by atoms with E-state index in [1.165, 1.54) is 0 Å². The van der Waals surface area contributed by atoms with Gasteiger partial charge in [-0.1, -0.05) is 18.2 Å². The molecule has 96 valence electrons. The molecule has 0 radical (unpaired) electrons. The van der Waals surface area contributed by atoms with Crippen molar-refractivity contribution in [2.24, 2.45) is 7.05 Å². The highest BCUT2D eigenvalue weighted by Crippen LogP contribution is 2.32. The minimum absolute atomic E-state index is 0.0418. The van der Waals surface area contributed by atoms with E-state index in [1.54, 1.807) is 17.8 Å². The molecule has 6 heteroatoms. The Hall–Kier alpha value is -2.08. The van der Waals surface area contributed by atoms with Crippen molar-refractivity contribution in [2.75, 3.05) is 0 Å². The first kappa shape index (κ1) is 12.0. The van der Waals surface area contributed by atoms with E-state index in [9.17, 15) is 4.79 Å². The second-order valence-electron chi connectivity index (χ2n) is 4.21. The van der Waals surface area contributed by atoms with Crippen LogP contribution in [0.25, 0.3) is 22.2 Å². The molecule has 2 aromatic heterocycles. The average Bonchev–Trinajstić information content (AvgIpc) is 2.94. The minimum atomic E-state index is -1.03. The topological polar surface area (TPSA) is 70.9 Å². The Morgan fingerprint density at radius 1 is 1.47 bits per heavy atom. The highest BCUT2D eigenvalue weighted by atomic mass is 79.9. The molecule has 1 aromatic carbocycles. The molecule has 2 heterocycles. The number of nitrogens with one attached hydrogen (secondary N) is 1. The van der Waals surface area contributed by atoms with Gasteiger partial charge >= 0.3 is 5.97 Å². The molecular weight excluding hydrogens is 310 g/mol. The molecule has 0 unspecified atom stereocenters. The fourth-order valence-electron chi connectivity index (χ4n) is 2.16. The fourth-order valence-corrected chi connectivity index (χ4v) is 2.60. The maximum absolute atomic E-state index is 11.0. The SMILES string of the molecule is Cn1nc(C(=O)O)cc1-c1cccc2c(Br)c[nH]c12. The number of rotatable bonds is 2. The average molecular weight is 320 g/mol. The van der Waals surface area contributed by atoms with Gasteiger partial charge in [0.1, 0.15) is 0 Å². The number of carboxylic acids is 1. The number of benzene rings is 1. The fraction of sp³-hybridized carbons (Fsp3) is 0.0769. The number of aromatic nitrogens is 3. The Morgan fingerprint density at radius 3 is 2.95 bits per heavy atom. The molecule has 0 amide bonds. The third-order valence-corrected chi connectivity index (χ3v) is 3.70. The van der Waals surface area contributed by atoms with Gasteiger partial charge in [0, 0.05) is 28.7 Å². The smallest absolute Gasteiger partial charge is 0.356 e. The van der Waals surface area contributed by atoms with Gasteiger partial charge in [0.2, 0.25) is 0 Å². The number of aryl methyl sites for hydroxylation is 1. The summed E-state index contributed by atoms with van der Waals surface area (Å²) in [6, 6.07) is 7.44. The Labute approximate surface area is 117 Å². The van der Waals surface area contributed by atoms with E-state index in [2.05, 4.69) is 26.0 Å². The highest BCUT2D eigenvalue weighted by molar-refractivity contribution is 9.10. The number of hydrogen-bond acceptors (Lipinski definition) is 2. The van der Waals surface area contributed by atoms with E-state index in [4.69, 9.17) is 5.11 Å². The molecule has 5 nitrogen and oxygen atoms in total. The van der Waals surface area contributed by atoms with Crippen molar-refractivity contribution in [3.05, 3.63) is 40.6 Å². The van der Waals surface area contributed by atoms with Crippen molar-refractivity contribution in [3.63, 3.8) is 0 Å². The Bertz CT molecular complexity index is 788. The predicted molar refractivity (Wildman–Crippen MR) is 75.2 cm³/mol. The number of fused-ring (bicyclic) bond motifs is 1. The molecule has 0 fully saturated rings.